The summed E-state index contributed by atoms with van der Waals surface area (Å²) >= 11 is 0. The zero-order valence-electron chi connectivity index (χ0n) is 12.7. The Morgan fingerprint density at radius 1 is 1.00 bits per heavy atom. The monoisotopic (exact) mass is 358 g/mol. The molecule has 0 saturated carbocycles. The van der Waals surface area contributed by atoms with Crippen LogP contribution < -0.4 is 10.2 Å². The van der Waals surface area contributed by atoms with Gasteiger partial charge in [0.15, 0.2) is 23.3 Å². The van der Waals surface area contributed by atoms with E-state index in [1.165, 1.54) is 24.3 Å². The predicted octanol–water partition coefficient (Wildman–Crippen LogP) is 3.54. The summed E-state index contributed by atoms with van der Waals surface area (Å²) in [6.07, 6.45) is 0.336. The molecule has 0 aliphatic rings. The maximum absolute atomic E-state index is 13.4. The quantitative estimate of drug-likeness (QED) is 0.292. The average molecular weight is 358 g/mol. The largest absolute Gasteiger partial charge is 0.494 e. The number of carbonyl (C=O) groups excluding carboxylic acids is 1. The van der Waals surface area contributed by atoms with E-state index in [2.05, 4.69) is 5.10 Å². The minimum absolute atomic E-state index is 0.151. The van der Waals surface area contributed by atoms with Gasteiger partial charge in [-0.1, -0.05) is 0 Å². The summed E-state index contributed by atoms with van der Waals surface area (Å²) in [6.45, 7) is 2.23. The summed E-state index contributed by atoms with van der Waals surface area (Å²) in [5.74, 6) is -10.8. The predicted molar refractivity (Wildman–Crippen MR) is 78.9 cm³/mol. The standard InChI is InChI=1S/C16H11F5N2O2/c1-2-25-9-5-3-8(4-6-9)16(24)23-22-7-10-11(17)13(19)15(21)14(20)12(10)18/h3-7H,2H2,1H3,(H,23,24)/b22-7+. The van der Waals surface area contributed by atoms with Crippen LogP contribution in [-0.4, -0.2) is 18.7 Å². The Morgan fingerprint density at radius 2 is 1.52 bits per heavy atom. The Bertz CT molecular complexity index is 793. The summed E-state index contributed by atoms with van der Waals surface area (Å²) in [5, 5.41) is 3.22. The van der Waals surface area contributed by atoms with Crippen molar-refractivity contribution in [3.8, 4) is 5.75 Å². The number of hydrogen-bond donors (Lipinski definition) is 1. The number of hydrogen-bond acceptors (Lipinski definition) is 3. The van der Waals surface area contributed by atoms with Gasteiger partial charge in [-0.25, -0.2) is 27.4 Å². The van der Waals surface area contributed by atoms with Gasteiger partial charge in [0, 0.05) is 5.56 Å². The summed E-state index contributed by atoms with van der Waals surface area (Å²) in [4.78, 5) is 11.8. The van der Waals surface area contributed by atoms with Gasteiger partial charge in [0.2, 0.25) is 5.82 Å². The summed E-state index contributed by atoms with van der Waals surface area (Å²) in [6, 6.07) is 5.86. The molecule has 2 aromatic rings. The van der Waals surface area contributed by atoms with Crippen molar-refractivity contribution in [1.29, 1.82) is 0 Å². The van der Waals surface area contributed by atoms with Crippen LogP contribution in [0.2, 0.25) is 0 Å². The molecule has 0 aromatic heterocycles. The number of nitrogens with zero attached hydrogens (tertiary/aromatic N) is 1. The van der Waals surface area contributed by atoms with E-state index >= 15 is 0 Å². The third-order valence-electron chi connectivity index (χ3n) is 3.03. The number of ether oxygens (including phenoxy) is 1. The van der Waals surface area contributed by atoms with Crippen molar-refractivity contribution in [1.82, 2.24) is 5.43 Å². The highest BCUT2D eigenvalue weighted by molar-refractivity contribution is 5.95. The molecule has 9 heteroatoms. The first kappa shape index (κ1) is 18.4. The molecule has 0 atom stereocenters. The van der Waals surface area contributed by atoms with E-state index in [9.17, 15) is 26.7 Å². The molecule has 0 spiro atoms. The fourth-order valence-corrected chi connectivity index (χ4v) is 1.82. The minimum atomic E-state index is -2.27. The normalized spacial score (nSPS) is 11.0. The third-order valence-corrected chi connectivity index (χ3v) is 3.03. The van der Waals surface area contributed by atoms with Gasteiger partial charge in [-0.15, -0.1) is 0 Å². The number of nitrogens with one attached hydrogen (secondary N) is 1. The molecule has 0 heterocycles. The highest BCUT2D eigenvalue weighted by atomic mass is 19.2. The van der Waals surface area contributed by atoms with Crippen molar-refractivity contribution in [3.63, 3.8) is 0 Å². The number of rotatable bonds is 5. The molecule has 0 unspecified atom stereocenters. The van der Waals surface area contributed by atoms with Crippen LogP contribution in [0.15, 0.2) is 29.4 Å². The first-order valence-corrected chi connectivity index (χ1v) is 6.94. The van der Waals surface area contributed by atoms with Crippen LogP contribution in [0.25, 0.3) is 0 Å². The second kappa shape index (κ2) is 7.73. The molecular formula is C16H11F5N2O2. The number of amides is 1. The van der Waals surface area contributed by atoms with Gasteiger partial charge in [-0.2, -0.15) is 5.10 Å². The molecule has 0 radical (unpaired) electrons. The van der Waals surface area contributed by atoms with Crippen LogP contribution in [0.1, 0.15) is 22.8 Å². The van der Waals surface area contributed by atoms with E-state index in [0.29, 0.717) is 18.6 Å². The molecule has 1 amide bonds. The Hall–Kier alpha value is -2.97. The summed E-state index contributed by atoms with van der Waals surface area (Å²) in [7, 11) is 0. The molecule has 0 fully saturated rings. The van der Waals surface area contributed by atoms with Crippen molar-refractivity contribution in [2.45, 2.75) is 6.92 Å². The van der Waals surface area contributed by atoms with Gasteiger partial charge < -0.3 is 4.74 Å². The van der Waals surface area contributed by atoms with Gasteiger partial charge in [0.05, 0.1) is 18.4 Å². The van der Waals surface area contributed by atoms with Gasteiger partial charge in [0.25, 0.3) is 5.91 Å². The number of halogens is 5. The maximum Gasteiger partial charge on any atom is 0.271 e. The van der Waals surface area contributed by atoms with E-state index in [0.717, 1.165) is 0 Å². The van der Waals surface area contributed by atoms with Crippen LogP contribution in [0.3, 0.4) is 0 Å². The molecule has 4 nitrogen and oxygen atoms in total. The molecule has 2 rings (SSSR count). The fraction of sp³-hybridized carbons (Fsp3) is 0.125. The maximum atomic E-state index is 13.4. The molecule has 132 valence electrons. The lowest BCUT2D eigenvalue weighted by molar-refractivity contribution is 0.0955. The smallest absolute Gasteiger partial charge is 0.271 e. The summed E-state index contributed by atoms with van der Waals surface area (Å²) in [5.41, 5.74) is 0.815. The molecule has 2 aromatic carbocycles. The van der Waals surface area contributed by atoms with E-state index in [1.807, 2.05) is 5.43 Å². The van der Waals surface area contributed by atoms with Crippen molar-refractivity contribution in [2.75, 3.05) is 6.61 Å². The highest BCUT2D eigenvalue weighted by Gasteiger charge is 2.24. The summed E-state index contributed by atoms with van der Waals surface area (Å²) < 4.78 is 71.0. The molecule has 0 bridgehead atoms. The lowest BCUT2D eigenvalue weighted by Crippen LogP contribution is -2.18. The van der Waals surface area contributed by atoms with Crippen LogP contribution >= 0.6 is 0 Å². The lowest BCUT2D eigenvalue weighted by atomic mass is 10.2. The molecule has 25 heavy (non-hydrogen) atoms. The second-order valence-electron chi connectivity index (χ2n) is 4.64. The van der Waals surface area contributed by atoms with Crippen molar-refractivity contribution < 1.29 is 31.5 Å². The molecular weight excluding hydrogens is 347 g/mol. The highest BCUT2D eigenvalue weighted by Crippen LogP contribution is 2.21. The Kier molecular flexibility index (Phi) is 5.68. The van der Waals surface area contributed by atoms with Crippen LogP contribution in [0.4, 0.5) is 22.0 Å². The Labute approximate surface area is 138 Å². The zero-order valence-corrected chi connectivity index (χ0v) is 12.7. The number of carbonyl (C=O) groups is 1. The fourth-order valence-electron chi connectivity index (χ4n) is 1.82. The van der Waals surface area contributed by atoms with Crippen molar-refractivity contribution >= 4 is 12.1 Å². The van der Waals surface area contributed by atoms with Gasteiger partial charge >= 0.3 is 0 Å². The zero-order chi connectivity index (χ0) is 18.6. The van der Waals surface area contributed by atoms with E-state index in [1.54, 1.807) is 6.92 Å². The molecule has 0 aliphatic heterocycles. The van der Waals surface area contributed by atoms with E-state index < -0.39 is 40.6 Å². The van der Waals surface area contributed by atoms with Gasteiger partial charge in [-0.05, 0) is 31.2 Å². The minimum Gasteiger partial charge on any atom is -0.494 e. The molecule has 1 N–H and O–H groups in total. The second-order valence-corrected chi connectivity index (χ2v) is 4.64. The van der Waals surface area contributed by atoms with Crippen LogP contribution in [0, 0.1) is 29.1 Å². The third kappa shape index (κ3) is 3.93. The topological polar surface area (TPSA) is 50.7 Å². The first-order chi connectivity index (χ1) is 11.9. The van der Waals surface area contributed by atoms with Gasteiger partial charge in [0.1, 0.15) is 5.75 Å². The number of hydrazone groups is 1. The Balaban J connectivity index is 2.14. The Morgan fingerprint density at radius 3 is 2.04 bits per heavy atom. The van der Waals surface area contributed by atoms with Crippen LogP contribution in [-0.2, 0) is 0 Å². The van der Waals surface area contributed by atoms with Crippen molar-refractivity contribution in [3.05, 3.63) is 64.5 Å². The first-order valence-electron chi connectivity index (χ1n) is 6.94. The SMILES string of the molecule is CCOc1ccc(C(=O)N/N=C/c2c(F)c(F)c(F)c(F)c2F)cc1. The van der Waals surface area contributed by atoms with Gasteiger partial charge in [-0.3, -0.25) is 4.79 Å². The molecule has 0 saturated heterocycles. The average Bonchev–Trinajstić information content (AvgIpc) is 2.62. The van der Waals surface area contributed by atoms with E-state index in [-0.39, 0.29) is 5.56 Å². The lowest BCUT2D eigenvalue weighted by Gasteiger charge is -2.05. The van der Waals surface area contributed by atoms with Crippen molar-refractivity contribution in [2.24, 2.45) is 5.10 Å². The molecule has 0 aliphatic carbocycles. The van der Waals surface area contributed by atoms with Crippen LogP contribution in [0.5, 0.6) is 5.75 Å². The number of benzene rings is 2. The van der Waals surface area contributed by atoms with E-state index in [4.69, 9.17) is 4.74 Å².